The summed E-state index contributed by atoms with van der Waals surface area (Å²) in [6, 6.07) is 21.9. The Kier molecular flexibility index (Phi) is 8.73. The van der Waals surface area contributed by atoms with Crippen LogP contribution in [0.3, 0.4) is 0 Å². The second kappa shape index (κ2) is 12.2. The molecule has 0 saturated heterocycles. The lowest BCUT2D eigenvalue weighted by Crippen LogP contribution is -2.24. The van der Waals surface area contributed by atoms with Crippen LogP contribution in [0.2, 0.25) is 0 Å². The van der Waals surface area contributed by atoms with E-state index in [1.165, 1.54) is 5.56 Å². The monoisotopic (exact) mass is 442 g/mol. The number of nitrogens with zero attached hydrogens (tertiary/aromatic N) is 2. The van der Waals surface area contributed by atoms with Gasteiger partial charge in [0.1, 0.15) is 5.82 Å². The number of hydrogen-bond acceptors (Lipinski definition) is 6. The van der Waals surface area contributed by atoms with Crippen molar-refractivity contribution in [1.82, 2.24) is 15.6 Å². The lowest BCUT2D eigenvalue weighted by molar-refractivity contribution is -0.120. The molecular formula is C26H30N6O. The number of pyridine rings is 1. The number of carbonyl (C=O) groups is 1. The Morgan fingerprint density at radius 3 is 2.45 bits per heavy atom. The molecule has 0 bridgehead atoms. The first-order chi connectivity index (χ1) is 16.1. The number of amides is 1. The van der Waals surface area contributed by atoms with Gasteiger partial charge in [0, 0.05) is 30.5 Å². The summed E-state index contributed by atoms with van der Waals surface area (Å²) in [7, 11) is 0. The Hall–Kier alpha value is -3.97. The maximum Gasteiger partial charge on any atom is 0.224 e. The van der Waals surface area contributed by atoms with Crippen molar-refractivity contribution in [1.29, 1.82) is 0 Å². The predicted molar refractivity (Wildman–Crippen MR) is 134 cm³/mol. The number of benzene rings is 2. The lowest BCUT2D eigenvalue weighted by Gasteiger charge is -2.15. The van der Waals surface area contributed by atoms with E-state index < -0.39 is 0 Å². The maximum atomic E-state index is 12.4. The number of aromatic nitrogens is 1. The molecular weight excluding hydrogens is 412 g/mol. The predicted octanol–water partition coefficient (Wildman–Crippen LogP) is 3.62. The molecule has 3 aromatic rings. The van der Waals surface area contributed by atoms with Crippen molar-refractivity contribution >= 4 is 24.1 Å². The number of aliphatic imine (C=N–C) groups is 1. The summed E-state index contributed by atoms with van der Waals surface area (Å²) in [4.78, 5) is 20.8. The van der Waals surface area contributed by atoms with E-state index in [-0.39, 0.29) is 18.4 Å². The van der Waals surface area contributed by atoms with Crippen LogP contribution in [0.15, 0.2) is 84.1 Å². The van der Waals surface area contributed by atoms with Gasteiger partial charge in [-0.3, -0.25) is 9.79 Å². The molecule has 1 unspecified atom stereocenters. The molecule has 1 heterocycles. The van der Waals surface area contributed by atoms with Gasteiger partial charge in [-0.1, -0.05) is 60.7 Å². The molecule has 2 aromatic carbocycles. The Labute approximate surface area is 194 Å². The molecule has 0 spiro atoms. The van der Waals surface area contributed by atoms with Crippen molar-refractivity contribution in [3.05, 3.63) is 101 Å². The highest BCUT2D eigenvalue weighted by Gasteiger charge is 2.08. The van der Waals surface area contributed by atoms with Gasteiger partial charge in [0.2, 0.25) is 5.91 Å². The molecule has 1 amide bonds. The van der Waals surface area contributed by atoms with Crippen molar-refractivity contribution < 1.29 is 4.79 Å². The van der Waals surface area contributed by atoms with E-state index in [0.717, 1.165) is 22.5 Å². The van der Waals surface area contributed by atoms with E-state index in [9.17, 15) is 4.79 Å². The van der Waals surface area contributed by atoms with Crippen LogP contribution in [-0.2, 0) is 17.8 Å². The first-order valence-electron chi connectivity index (χ1n) is 10.8. The van der Waals surface area contributed by atoms with Crippen LogP contribution in [-0.4, -0.2) is 24.3 Å². The first kappa shape index (κ1) is 23.7. The van der Waals surface area contributed by atoms with Crippen molar-refractivity contribution in [2.24, 2.45) is 10.7 Å². The second-order valence-electron chi connectivity index (χ2n) is 7.57. The average molecular weight is 443 g/mol. The van der Waals surface area contributed by atoms with Crippen LogP contribution in [0.5, 0.6) is 0 Å². The first-order valence-corrected chi connectivity index (χ1v) is 10.8. The molecule has 1 aromatic heterocycles. The van der Waals surface area contributed by atoms with Gasteiger partial charge in [-0.2, -0.15) is 0 Å². The fraction of sp³-hybridized carbons (Fsp3) is 0.192. The molecule has 0 aliphatic rings. The zero-order chi connectivity index (χ0) is 23.5. The largest absolute Gasteiger partial charge is 0.377 e. The zero-order valence-electron chi connectivity index (χ0n) is 18.8. The highest BCUT2D eigenvalue weighted by Crippen LogP contribution is 2.18. The fourth-order valence-electron chi connectivity index (χ4n) is 3.28. The minimum atomic E-state index is -0.0558. The van der Waals surface area contributed by atoms with E-state index in [4.69, 9.17) is 5.73 Å². The molecule has 0 saturated carbocycles. The smallest absolute Gasteiger partial charge is 0.224 e. The van der Waals surface area contributed by atoms with Gasteiger partial charge in [-0.25, -0.2) is 4.98 Å². The molecule has 0 aliphatic carbocycles. The SMILES string of the molecule is C=N/C(=C\NCN)c1ccc(CNC(=O)Cc2ccc(NC(C)c3ccccc3)nc2)cc1. The van der Waals surface area contributed by atoms with Crippen molar-refractivity contribution in [2.75, 3.05) is 12.0 Å². The molecule has 0 fully saturated rings. The molecule has 0 radical (unpaired) electrons. The Bertz CT molecular complexity index is 1060. The van der Waals surface area contributed by atoms with Gasteiger partial charge in [-0.15, -0.1) is 0 Å². The molecule has 7 nitrogen and oxygen atoms in total. The number of hydrogen-bond donors (Lipinski definition) is 4. The third-order valence-electron chi connectivity index (χ3n) is 5.12. The van der Waals surface area contributed by atoms with Crippen LogP contribution in [0.25, 0.3) is 5.70 Å². The van der Waals surface area contributed by atoms with Crippen LogP contribution in [0.1, 0.15) is 35.2 Å². The molecule has 170 valence electrons. The van der Waals surface area contributed by atoms with Gasteiger partial charge in [0.25, 0.3) is 0 Å². The maximum absolute atomic E-state index is 12.4. The van der Waals surface area contributed by atoms with E-state index in [1.807, 2.05) is 54.6 Å². The third-order valence-corrected chi connectivity index (χ3v) is 5.12. The fourth-order valence-corrected chi connectivity index (χ4v) is 3.28. The summed E-state index contributed by atoms with van der Waals surface area (Å²) >= 11 is 0. The Balaban J connectivity index is 1.48. The summed E-state index contributed by atoms with van der Waals surface area (Å²) in [5.74, 6) is 0.722. The summed E-state index contributed by atoms with van der Waals surface area (Å²) in [5, 5.41) is 9.24. The van der Waals surface area contributed by atoms with Gasteiger partial charge in [-0.05, 0) is 36.4 Å². The molecule has 1 atom stereocenters. The molecule has 3 rings (SSSR count). The topological polar surface area (TPSA) is 104 Å². The third kappa shape index (κ3) is 7.29. The Morgan fingerprint density at radius 2 is 1.82 bits per heavy atom. The number of rotatable bonds is 11. The quantitative estimate of drug-likeness (QED) is 0.268. The highest BCUT2D eigenvalue weighted by molar-refractivity contribution is 5.78. The van der Waals surface area contributed by atoms with Crippen LogP contribution < -0.4 is 21.7 Å². The van der Waals surface area contributed by atoms with Gasteiger partial charge >= 0.3 is 0 Å². The van der Waals surface area contributed by atoms with Gasteiger partial charge < -0.3 is 21.7 Å². The molecule has 7 heteroatoms. The Morgan fingerprint density at radius 1 is 1.09 bits per heavy atom. The van der Waals surface area contributed by atoms with Crippen LogP contribution in [0, 0.1) is 0 Å². The molecule has 0 aliphatic heterocycles. The lowest BCUT2D eigenvalue weighted by atomic mass is 10.1. The van der Waals surface area contributed by atoms with Crippen molar-refractivity contribution in [3.8, 4) is 0 Å². The number of nitrogens with one attached hydrogen (secondary N) is 3. The normalized spacial score (nSPS) is 12.0. The number of nitrogens with two attached hydrogens (primary N) is 1. The standard InChI is InChI=1S/C26H30N6O/c1-19(22-6-4-3-5-7-22)32-25-13-10-21(16-30-25)14-26(33)31-15-20-8-11-23(12-9-20)24(28-2)17-29-18-27/h3-13,16-17,19,29H,2,14-15,18,27H2,1H3,(H,30,32)(H,31,33)/b24-17-. The average Bonchev–Trinajstić information content (AvgIpc) is 2.85. The van der Waals surface area contributed by atoms with Crippen LogP contribution in [0.4, 0.5) is 5.82 Å². The summed E-state index contributed by atoms with van der Waals surface area (Å²) in [6.07, 6.45) is 3.73. The summed E-state index contributed by atoms with van der Waals surface area (Å²) in [6.45, 7) is 6.44. The molecule has 33 heavy (non-hydrogen) atoms. The minimum absolute atomic E-state index is 0.0558. The minimum Gasteiger partial charge on any atom is -0.377 e. The second-order valence-corrected chi connectivity index (χ2v) is 7.57. The van der Waals surface area contributed by atoms with Crippen molar-refractivity contribution in [2.45, 2.75) is 25.9 Å². The number of carbonyl (C=O) groups excluding carboxylic acids is 1. The highest BCUT2D eigenvalue weighted by atomic mass is 16.1. The van der Waals surface area contributed by atoms with E-state index >= 15 is 0 Å². The van der Waals surface area contributed by atoms with E-state index in [1.54, 1.807) is 12.4 Å². The summed E-state index contributed by atoms with van der Waals surface area (Å²) in [5.41, 5.74) is 10.1. The summed E-state index contributed by atoms with van der Waals surface area (Å²) < 4.78 is 0. The zero-order valence-corrected chi connectivity index (χ0v) is 18.8. The number of anilines is 1. The van der Waals surface area contributed by atoms with E-state index in [0.29, 0.717) is 18.9 Å². The van der Waals surface area contributed by atoms with E-state index in [2.05, 4.69) is 51.7 Å². The van der Waals surface area contributed by atoms with Crippen LogP contribution >= 0.6 is 0 Å². The van der Waals surface area contributed by atoms with Gasteiger partial charge in [0.05, 0.1) is 18.8 Å². The van der Waals surface area contributed by atoms with Crippen molar-refractivity contribution in [3.63, 3.8) is 0 Å². The van der Waals surface area contributed by atoms with Gasteiger partial charge in [0.15, 0.2) is 0 Å². The molecule has 5 N–H and O–H groups in total.